The SMILES string of the molecule is C/C=C\c1[c]c(/C=C\C)cc(/C=C\C)c1. The molecule has 0 aromatic heterocycles. The first kappa shape index (κ1) is 11.5. The van der Waals surface area contributed by atoms with Crippen molar-refractivity contribution in [2.24, 2.45) is 0 Å². The fraction of sp³-hybridized carbons (Fsp3) is 0.200. The third-order valence-corrected chi connectivity index (χ3v) is 1.98. The number of rotatable bonds is 3. The predicted molar refractivity (Wildman–Crippen MR) is 69.4 cm³/mol. The van der Waals surface area contributed by atoms with Crippen LogP contribution in [-0.4, -0.2) is 0 Å². The maximum absolute atomic E-state index is 3.34. The average Bonchev–Trinajstić information content (AvgIpc) is 2.19. The smallest absolute Gasteiger partial charge is 0.00266 e. The zero-order valence-corrected chi connectivity index (χ0v) is 9.62. The molecule has 0 amide bonds. The molecule has 0 aliphatic heterocycles. The Morgan fingerprint density at radius 1 is 0.800 bits per heavy atom. The van der Waals surface area contributed by atoms with Crippen LogP contribution in [0.25, 0.3) is 18.2 Å². The fourth-order valence-corrected chi connectivity index (χ4v) is 1.47. The van der Waals surface area contributed by atoms with Crippen LogP contribution in [0.4, 0.5) is 0 Å². The Morgan fingerprint density at radius 3 is 1.67 bits per heavy atom. The monoisotopic (exact) mass is 197 g/mol. The molecule has 0 aliphatic rings. The number of allylic oxidation sites excluding steroid dienone is 3. The van der Waals surface area contributed by atoms with Crippen LogP contribution >= 0.6 is 0 Å². The zero-order chi connectivity index (χ0) is 11.1. The van der Waals surface area contributed by atoms with Gasteiger partial charge in [0.05, 0.1) is 0 Å². The van der Waals surface area contributed by atoms with Gasteiger partial charge in [-0.25, -0.2) is 0 Å². The van der Waals surface area contributed by atoms with E-state index in [1.807, 2.05) is 39.0 Å². The van der Waals surface area contributed by atoms with Gasteiger partial charge >= 0.3 is 0 Å². The van der Waals surface area contributed by atoms with Crippen molar-refractivity contribution in [1.82, 2.24) is 0 Å². The van der Waals surface area contributed by atoms with Crippen LogP contribution in [0, 0.1) is 6.07 Å². The minimum absolute atomic E-state index is 1.13. The van der Waals surface area contributed by atoms with E-state index in [4.69, 9.17) is 0 Å². The molecule has 0 spiro atoms. The van der Waals surface area contributed by atoms with Crippen molar-refractivity contribution in [2.45, 2.75) is 20.8 Å². The number of hydrogen-bond donors (Lipinski definition) is 0. The summed E-state index contributed by atoms with van der Waals surface area (Å²) < 4.78 is 0. The van der Waals surface area contributed by atoms with Crippen LogP contribution in [0.3, 0.4) is 0 Å². The van der Waals surface area contributed by atoms with Gasteiger partial charge in [0, 0.05) is 0 Å². The van der Waals surface area contributed by atoms with Crippen LogP contribution in [0.1, 0.15) is 37.5 Å². The quantitative estimate of drug-likeness (QED) is 0.665. The van der Waals surface area contributed by atoms with E-state index in [-0.39, 0.29) is 0 Å². The first-order valence-electron chi connectivity index (χ1n) is 5.25. The van der Waals surface area contributed by atoms with Gasteiger partial charge in [0.15, 0.2) is 0 Å². The van der Waals surface area contributed by atoms with Crippen LogP contribution in [0.15, 0.2) is 30.4 Å². The Hall–Kier alpha value is -1.56. The Kier molecular flexibility index (Phi) is 4.62. The second-order valence-corrected chi connectivity index (χ2v) is 3.32. The van der Waals surface area contributed by atoms with Crippen LogP contribution < -0.4 is 0 Å². The lowest BCUT2D eigenvalue weighted by atomic mass is 10.0. The Bertz CT molecular complexity index is 318. The van der Waals surface area contributed by atoms with Gasteiger partial charge in [-0.2, -0.15) is 0 Å². The molecule has 0 aliphatic carbocycles. The highest BCUT2D eigenvalue weighted by molar-refractivity contribution is 5.63. The van der Waals surface area contributed by atoms with Gasteiger partial charge < -0.3 is 0 Å². The summed E-state index contributed by atoms with van der Waals surface area (Å²) in [5, 5.41) is 0. The molecule has 0 saturated heterocycles. The van der Waals surface area contributed by atoms with Gasteiger partial charge in [0.1, 0.15) is 0 Å². The minimum Gasteiger partial charge on any atom is -0.0871 e. The molecule has 0 saturated carbocycles. The summed E-state index contributed by atoms with van der Waals surface area (Å²) in [4.78, 5) is 0. The molecule has 1 aromatic rings. The Labute approximate surface area is 92.6 Å². The number of benzene rings is 1. The van der Waals surface area contributed by atoms with Crippen molar-refractivity contribution in [1.29, 1.82) is 0 Å². The zero-order valence-electron chi connectivity index (χ0n) is 9.62. The van der Waals surface area contributed by atoms with Crippen molar-refractivity contribution >= 4 is 18.2 Å². The second-order valence-electron chi connectivity index (χ2n) is 3.32. The third-order valence-electron chi connectivity index (χ3n) is 1.98. The highest BCUT2D eigenvalue weighted by Gasteiger charge is 1.94. The molecular formula is C15H17. The predicted octanol–water partition coefficient (Wildman–Crippen LogP) is 4.59. The summed E-state index contributed by atoms with van der Waals surface area (Å²) in [5.74, 6) is 0. The van der Waals surface area contributed by atoms with Gasteiger partial charge in [-0.15, -0.1) is 0 Å². The maximum Gasteiger partial charge on any atom is -0.00266 e. The summed E-state index contributed by atoms with van der Waals surface area (Å²) in [7, 11) is 0. The molecule has 0 N–H and O–H groups in total. The van der Waals surface area contributed by atoms with E-state index < -0.39 is 0 Å². The Morgan fingerprint density at radius 2 is 1.27 bits per heavy atom. The molecule has 77 valence electrons. The highest BCUT2D eigenvalue weighted by Crippen LogP contribution is 2.14. The van der Waals surface area contributed by atoms with E-state index in [0.29, 0.717) is 0 Å². The van der Waals surface area contributed by atoms with Crippen molar-refractivity contribution in [2.75, 3.05) is 0 Å². The van der Waals surface area contributed by atoms with Crippen LogP contribution in [-0.2, 0) is 0 Å². The molecule has 0 heterocycles. The first-order valence-corrected chi connectivity index (χ1v) is 5.25. The van der Waals surface area contributed by atoms with Crippen LogP contribution in [0.2, 0.25) is 0 Å². The third kappa shape index (κ3) is 3.59. The minimum atomic E-state index is 1.13. The van der Waals surface area contributed by atoms with E-state index in [2.05, 4.69) is 36.4 Å². The molecule has 0 atom stereocenters. The lowest BCUT2D eigenvalue weighted by molar-refractivity contribution is 1.55. The summed E-state index contributed by atoms with van der Waals surface area (Å²) in [6.45, 7) is 6.07. The molecule has 0 unspecified atom stereocenters. The summed E-state index contributed by atoms with van der Waals surface area (Å²) >= 11 is 0. The van der Waals surface area contributed by atoms with E-state index in [1.165, 1.54) is 5.56 Å². The van der Waals surface area contributed by atoms with E-state index in [9.17, 15) is 0 Å². The normalized spacial score (nSPS) is 12.2. The van der Waals surface area contributed by atoms with Crippen molar-refractivity contribution in [3.05, 3.63) is 53.1 Å². The highest BCUT2D eigenvalue weighted by atomic mass is 14.0. The number of hydrogen-bond acceptors (Lipinski definition) is 0. The largest absolute Gasteiger partial charge is 0.0871 e. The van der Waals surface area contributed by atoms with Crippen molar-refractivity contribution < 1.29 is 0 Å². The van der Waals surface area contributed by atoms with E-state index >= 15 is 0 Å². The molecule has 0 fully saturated rings. The van der Waals surface area contributed by atoms with E-state index in [1.54, 1.807) is 0 Å². The fourth-order valence-electron chi connectivity index (χ4n) is 1.47. The molecule has 15 heavy (non-hydrogen) atoms. The van der Waals surface area contributed by atoms with Gasteiger partial charge in [-0.05, 0) is 55.7 Å². The summed E-state index contributed by atoms with van der Waals surface area (Å²) in [5.41, 5.74) is 3.47. The van der Waals surface area contributed by atoms with Crippen molar-refractivity contribution in [3.63, 3.8) is 0 Å². The lowest BCUT2D eigenvalue weighted by Crippen LogP contribution is -1.81. The standard InChI is InChI=1S/C15H17/c1-4-7-13-10-14(8-5-2)12-15(11-13)9-6-3/h4-11H,1-3H3/b7-4-,8-5-,9-6-. The van der Waals surface area contributed by atoms with Crippen LogP contribution in [0.5, 0.6) is 0 Å². The molecule has 0 nitrogen and oxygen atoms in total. The Balaban J connectivity index is 3.19. The summed E-state index contributed by atoms with van der Waals surface area (Å²) in [6.07, 6.45) is 12.4. The van der Waals surface area contributed by atoms with Gasteiger partial charge in [0.25, 0.3) is 0 Å². The maximum atomic E-state index is 3.34. The average molecular weight is 197 g/mol. The van der Waals surface area contributed by atoms with Crippen molar-refractivity contribution in [3.8, 4) is 0 Å². The molecule has 1 radical (unpaired) electrons. The van der Waals surface area contributed by atoms with E-state index in [0.717, 1.165) is 11.1 Å². The molecule has 0 heteroatoms. The topological polar surface area (TPSA) is 0 Å². The first-order chi connectivity index (χ1) is 7.30. The van der Waals surface area contributed by atoms with Gasteiger partial charge in [-0.1, -0.05) is 36.5 Å². The molecular weight excluding hydrogens is 180 g/mol. The van der Waals surface area contributed by atoms with Gasteiger partial charge in [0.2, 0.25) is 0 Å². The van der Waals surface area contributed by atoms with Gasteiger partial charge in [-0.3, -0.25) is 0 Å². The molecule has 1 rings (SSSR count). The molecule has 0 bridgehead atoms. The second kappa shape index (κ2) is 6.02. The summed E-state index contributed by atoms with van der Waals surface area (Å²) in [6, 6.07) is 7.60. The molecule has 1 aromatic carbocycles. The lowest BCUT2D eigenvalue weighted by Gasteiger charge is -2.00.